The zero-order valence-electron chi connectivity index (χ0n) is 13.1. The molecule has 0 bridgehead atoms. The van der Waals surface area contributed by atoms with Crippen molar-refractivity contribution in [2.24, 2.45) is 11.7 Å². The molecule has 2 unspecified atom stereocenters. The van der Waals surface area contributed by atoms with Crippen LogP contribution in [0.4, 0.5) is 5.69 Å². The van der Waals surface area contributed by atoms with Crippen molar-refractivity contribution < 1.29 is 18.1 Å². The van der Waals surface area contributed by atoms with E-state index in [-0.39, 0.29) is 29.1 Å². The van der Waals surface area contributed by atoms with Gasteiger partial charge < -0.3 is 10.5 Å². The second-order valence-electron chi connectivity index (χ2n) is 5.72. The van der Waals surface area contributed by atoms with E-state index in [1.807, 2.05) is 6.92 Å². The van der Waals surface area contributed by atoms with Crippen LogP contribution in [0.15, 0.2) is 23.1 Å². The molecule has 0 saturated carbocycles. The fraction of sp³-hybridized carbons (Fsp3) is 0.571. The summed E-state index contributed by atoms with van der Waals surface area (Å²) >= 11 is 0. The van der Waals surface area contributed by atoms with Crippen LogP contribution in [0.2, 0.25) is 0 Å². The number of methoxy groups -OCH3 is 1. The van der Waals surface area contributed by atoms with E-state index in [2.05, 4.69) is 0 Å². The Balaban J connectivity index is 2.41. The highest BCUT2D eigenvalue weighted by atomic mass is 32.2. The van der Waals surface area contributed by atoms with Crippen LogP contribution in [0.1, 0.15) is 19.8 Å². The van der Waals surface area contributed by atoms with Crippen LogP contribution in [0.25, 0.3) is 0 Å². The van der Waals surface area contributed by atoms with Gasteiger partial charge in [-0.25, -0.2) is 8.42 Å². The van der Waals surface area contributed by atoms with Gasteiger partial charge in [-0.15, -0.1) is 0 Å². The average molecular weight is 343 g/mol. The molecule has 1 aliphatic heterocycles. The highest BCUT2D eigenvalue weighted by Gasteiger charge is 2.35. The molecule has 9 heteroatoms. The van der Waals surface area contributed by atoms with Gasteiger partial charge in [-0.05, 0) is 37.8 Å². The highest BCUT2D eigenvalue weighted by Crippen LogP contribution is 2.32. The summed E-state index contributed by atoms with van der Waals surface area (Å²) < 4.78 is 31.9. The first kappa shape index (κ1) is 17.6. The molecule has 0 aliphatic carbocycles. The molecule has 1 saturated heterocycles. The van der Waals surface area contributed by atoms with E-state index in [4.69, 9.17) is 10.5 Å². The number of nitro groups is 1. The van der Waals surface area contributed by atoms with Crippen LogP contribution >= 0.6 is 0 Å². The van der Waals surface area contributed by atoms with Crippen LogP contribution in [0.3, 0.4) is 0 Å². The number of nitro benzene ring substituents is 1. The second-order valence-corrected chi connectivity index (χ2v) is 7.62. The Morgan fingerprint density at radius 2 is 2.17 bits per heavy atom. The van der Waals surface area contributed by atoms with E-state index in [0.29, 0.717) is 13.0 Å². The van der Waals surface area contributed by atoms with Gasteiger partial charge in [0.05, 0.1) is 18.1 Å². The molecule has 0 amide bonds. The standard InChI is InChI=1S/C14H21N3O5S/c1-10(15)11-4-3-7-16(9-11)23(20,21)14-6-5-12(22-2)8-13(14)17(18)19/h5-6,8,10-11H,3-4,7,9,15H2,1-2H3. The first-order chi connectivity index (χ1) is 10.8. The first-order valence-corrected chi connectivity index (χ1v) is 8.79. The quantitative estimate of drug-likeness (QED) is 0.637. The van der Waals surface area contributed by atoms with Gasteiger partial charge in [0.25, 0.3) is 5.69 Å². The van der Waals surface area contributed by atoms with E-state index in [9.17, 15) is 18.5 Å². The zero-order chi connectivity index (χ0) is 17.2. The maximum absolute atomic E-state index is 12.8. The Bertz CT molecular complexity index is 690. The minimum Gasteiger partial charge on any atom is -0.497 e. The molecule has 1 heterocycles. The number of rotatable bonds is 5. The van der Waals surface area contributed by atoms with E-state index in [0.717, 1.165) is 12.5 Å². The number of hydrogen-bond acceptors (Lipinski definition) is 6. The summed E-state index contributed by atoms with van der Waals surface area (Å²) in [6, 6.07) is 3.63. The van der Waals surface area contributed by atoms with Gasteiger partial charge in [-0.1, -0.05) is 0 Å². The number of sulfonamides is 1. The van der Waals surface area contributed by atoms with Crippen LogP contribution in [-0.4, -0.2) is 43.9 Å². The minimum atomic E-state index is -3.95. The van der Waals surface area contributed by atoms with Crippen molar-refractivity contribution in [1.82, 2.24) is 4.31 Å². The Morgan fingerprint density at radius 3 is 2.74 bits per heavy atom. The molecular weight excluding hydrogens is 322 g/mol. The number of benzene rings is 1. The summed E-state index contributed by atoms with van der Waals surface area (Å²) in [6.45, 7) is 2.47. The van der Waals surface area contributed by atoms with Crippen molar-refractivity contribution >= 4 is 15.7 Å². The van der Waals surface area contributed by atoms with Crippen molar-refractivity contribution in [2.45, 2.75) is 30.7 Å². The van der Waals surface area contributed by atoms with Crippen molar-refractivity contribution in [2.75, 3.05) is 20.2 Å². The normalized spacial score (nSPS) is 20.9. The van der Waals surface area contributed by atoms with Gasteiger partial charge >= 0.3 is 0 Å². The van der Waals surface area contributed by atoms with Gasteiger partial charge in [0.15, 0.2) is 4.90 Å². The van der Waals surface area contributed by atoms with Gasteiger partial charge in [-0.3, -0.25) is 10.1 Å². The van der Waals surface area contributed by atoms with Crippen molar-refractivity contribution in [1.29, 1.82) is 0 Å². The summed E-state index contributed by atoms with van der Waals surface area (Å²) in [4.78, 5) is 10.2. The predicted molar refractivity (Wildman–Crippen MR) is 84.8 cm³/mol. The molecule has 2 atom stereocenters. The Hall–Kier alpha value is -1.71. The molecule has 23 heavy (non-hydrogen) atoms. The number of nitrogens with zero attached hydrogens (tertiary/aromatic N) is 2. The maximum Gasteiger partial charge on any atom is 0.293 e. The van der Waals surface area contributed by atoms with E-state index in [1.54, 1.807) is 0 Å². The Labute approximate surface area is 135 Å². The third kappa shape index (κ3) is 3.62. The van der Waals surface area contributed by atoms with Gasteiger partial charge in [-0.2, -0.15) is 4.31 Å². The van der Waals surface area contributed by atoms with E-state index in [1.165, 1.54) is 23.5 Å². The third-order valence-corrected chi connectivity index (χ3v) is 6.06. The zero-order valence-corrected chi connectivity index (χ0v) is 14.0. The lowest BCUT2D eigenvalue weighted by Crippen LogP contribution is -2.45. The van der Waals surface area contributed by atoms with Crippen LogP contribution < -0.4 is 10.5 Å². The first-order valence-electron chi connectivity index (χ1n) is 7.35. The molecule has 1 aromatic rings. The summed E-state index contributed by atoms with van der Waals surface area (Å²) in [5.74, 6) is 0.290. The van der Waals surface area contributed by atoms with Gasteiger partial charge in [0.2, 0.25) is 10.0 Å². The molecule has 2 N–H and O–H groups in total. The number of ether oxygens (including phenoxy) is 1. The van der Waals surface area contributed by atoms with Gasteiger partial charge in [0, 0.05) is 19.1 Å². The summed E-state index contributed by atoms with van der Waals surface area (Å²) in [6.07, 6.45) is 1.55. The van der Waals surface area contributed by atoms with Gasteiger partial charge in [0.1, 0.15) is 5.75 Å². The summed E-state index contributed by atoms with van der Waals surface area (Å²) in [5.41, 5.74) is 5.40. The van der Waals surface area contributed by atoms with Crippen molar-refractivity contribution in [3.8, 4) is 5.75 Å². The SMILES string of the molecule is COc1ccc(S(=O)(=O)N2CCCC(C(C)N)C2)c([N+](=O)[O-])c1. The summed E-state index contributed by atoms with van der Waals surface area (Å²) in [5, 5.41) is 11.2. The lowest BCUT2D eigenvalue weighted by molar-refractivity contribution is -0.387. The molecule has 1 fully saturated rings. The second kappa shape index (κ2) is 6.81. The molecule has 1 aliphatic rings. The average Bonchev–Trinajstić information content (AvgIpc) is 2.54. The lowest BCUT2D eigenvalue weighted by Gasteiger charge is -2.33. The molecule has 0 spiro atoms. The lowest BCUT2D eigenvalue weighted by atomic mass is 9.93. The monoisotopic (exact) mass is 343 g/mol. The number of nitrogens with two attached hydrogens (primary N) is 1. The van der Waals surface area contributed by atoms with Crippen LogP contribution in [-0.2, 0) is 10.0 Å². The van der Waals surface area contributed by atoms with E-state index < -0.39 is 20.6 Å². The molecule has 2 rings (SSSR count). The maximum atomic E-state index is 12.8. The smallest absolute Gasteiger partial charge is 0.293 e. The Kier molecular flexibility index (Phi) is 5.23. The number of hydrogen-bond donors (Lipinski definition) is 1. The number of piperidine rings is 1. The highest BCUT2D eigenvalue weighted by molar-refractivity contribution is 7.89. The molecular formula is C14H21N3O5S. The van der Waals surface area contributed by atoms with Crippen molar-refractivity contribution in [3.05, 3.63) is 28.3 Å². The molecule has 8 nitrogen and oxygen atoms in total. The molecule has 0 aromatic heterocycles. The fourth-order valence-electron chi connectivity index (χ4n) is 2.75. The third-order valence-electron chi connectivity index (χ3n) is 4.14. The van der Waals surface area contributed by atoms with Crippen LogP contribution in [0.5, 0.6) is 5.75 Å². The van der Waals surface area contributed by atoms with Crippen molar-refractivity contribution in [3.63, 3.8) is 0 Å². The minimum absolute atomic E-state index is 0.0517. The predicted octanol–water partition coefficient (Wildman–Crippen LogP) is 1.35. The largest absolute Gasteiger partial charge is 0.497 e. The Morgan fingerprint density at radius 1 is 1.48 bits per heavy atom. The molecule has 128 valence electrons. The summed E-state index contributed by atoms with van der Waals surface area (Å²) in [7, 11) is -2.58. The fourth-order valence-corrected chi connectivity index (χ4v) is 4.42. The topological polar surface area (TPSA) is 116 Å². The molecule has 1 aromatic carbocycles. The van der Waals surface area contributed by atoms with E-state index >= 15 is 0 Å². The van der Waals surface area contributed by atoms with Crippen LogP contribution in [0, 0.1) is 16.0 Å². The molecule has 0 radical (unpaired) electrons.